The number of hydrogen-bond donors (Lipinski definition) is 0. The number of halogens is 1. The van der Waals surface area contributed by atoms with Gasteiger partial charge in [0.2, 0.25) is 0 Å². The fraction of sp³-hybridized carbons (Fsp3) is 0.364. The SMILES string of the molecule is CC(C)c1nc2cccc(Cl)c2n1C. The van der Waals surface area contributed by atoms with Gasteiger partial charge in [-0.15, -0.1) is 0 Å². The van der Waals surface area contributed by atoms with Crippen LogP contribution in [0.15, 0.2) is 18.2 Å². The summed E-state index contributed by atoms with van der Waals surface area (Å²) in [7, 11) is 2.01. The van der Waals surface area contributed by atoms with Crippen LogP contribution in [0.4, 0.5) is 0 Å². The third-order valence-corrected chi connectivity index (χ3v) is 2.70. The van der Waals surface area contributed by atoms with Gasteiger partial charge in [-0.25, -0.2) is 4.98 Å². The largest absolute Gasteiger partial charge is 0.330 e. The summed E-state index contributed by atoms with van der Waals surface area (Å²) in [6.07, 6.45) is 0. The van der Waals surface area contributed by atoms with Gasteiger partial charge in [0.15, 0.2) is 0 Å². The molecule has 0 saturated carbocycles. The fourth-order valence-electron chi connectivity index (χ4n) is 1.76. The van der Waals surface area contributed by atoms with Crippen LogP contribution >= 0.6 is 11.6 Å². The lowest BCUT2D eigenvalue weighted by Gasteiger charge is -2.04. The van der Waals surface area contributed by atoms with Gasteiger partial charge < -0.3 is 4.57 Å². The number of aryl methyl sites for hydroxylation is 1. The number of imidazole rings is 1. The molecule has 1 aromatic carbocycles. The molecule has 2 nitrogen and oxygen atoms in total. The number of para-hydroxylation sites is 1. The first kappa shape index (κ1) is 9.53. The number of rotatable bonds is 1. The van der Waals surface area contributed by atoms with Crippen LogP contribution in [-0.4, -0.2) is 9.55 Å². The van der Waals surface area contributed by atoms with E-state index in [0.29, 0.717) is 5.92 Å². The molecule has 2 aromatic rings. The minimum absolute atomic E-state index is 0.420. The van der Waals surface area contributed by atoms with Crippen molar-refractivity contribution in [2.24, 2.45) is 7.05 Å². The van der Waals surface area contributed by atoms with Gasteiger partial charge in [-0.3, -0.25) is 0 Å². The summed E-state index contributed by atoms with van der Waals surface area (Å²) in [5.41, 5.74) is 2.00. The summed E-state index contributed by atoms with van der Waals surface area (Å²) in [5.74, 6) is 1.50. The van der Waals surface area contributed by atoms with E-state index in [2.05, 4.69) is 23.4 Å². The molecule has 0 N–H and O–H groups in total. The van der Waals surface area contributed by atoms with E-state index in [1.165, 1.54) is 0 Å². The Balaban J connectivity index is 2.81. The number of fused-ring (bicyclic) bond motifs is 1. The van der Waals surface area contributed by atoms with Crippen molar-refractivity contribution >= 4 is 22.6 Å². The predicted octanol–water partition coefficient (Wildman–Crippen LogP) is 3.35. The van der Waals surface area contributed by atoms with Crippen molar-refractivity contribution in [1.82, 2.24) is 9.55 Å². The molecule has 14 heavy (non-hydrogen) atoms. The molecule has 1 heterocycles. The van der Waals surface area contributed by atoms with Crippen molar-refractivity contribution in [3.8, 4) is 0 Å². The van der Waals surface area contributed by atoms with E-state index in [1.807, 2.05) is 25.2 Å². The standard InChI is InChI=1S/C11H13ClN2/c1-7(2)11-13-9-6-4-5-8(12)10(9)14(11)3/h4-7H,1-3H3. The lowest BCUT2D eigenvalue weighted by molar-refractivity contribution is 0.722. The van der Waals surface area contributed by atoms with Crippen LogP contribution in [0.2, 0.25) is 5.02 Å². The first-order chi connectivity index (χ1) is 6.61. The Morgan fingerprint density at radius 3 is 2.64 bits per heavy atom. The zero-order valence-corrected chi connectivity index (χ0v) is 9.34. The summed E-state index contributed by atoms with van der Waals surface area (Å²) >= 11 is 6.12. The molecule has 3 heteroatoms. The Hall–Kier alpha value is -1.02. The minimum Gasteiger partial charge on any atom is -0.330 e. The van der Waals surface area contributed by atoms with Crippen LogP contribution in [0, 0.1) is 0 Å². The van der Waals surface area contributed by atoms with Gasteiger partial charge >= 0.3 is 0 Å². The molecule has 0 unspecified atom stereocenters. The number of benzene rings is 1. The Kier molecular flexibility index (Phi) is 2.23. The highest BCUT2D eigenvalue weighted by Crippen LogP contribution is 2.26. The van der Waals surface area contributed by atoms with Gasteiger partial charge in [-0.05, 0) is 12.1 Å². The summed E-state index contributed by atoms with van der Waals surface area (Å²) in [6.45, 7) is 4.27. The summed E-state index contributed by atoms with van der Waals surface area (Å²) in [4.78, 5) is 4.55. The third-order valence-electron chi connectivity index (χ3n) is 2.40. The van der Waals surface area contributed by atoms with E-state index in [1.54, 1.807) is 0 Å². The maximum atomic E-state index is 6.12. The van der Waals surface area contributed by atoms with Crippen LogP contribution in [-0.2, 0) is 7.05 Å². The zero-order valence-electron chi connectivity index (χ0n) is 8.58. The highest BCUT2D eigenvalue weighted by Gasteiger charge is 2.12. The van der Waals surface area contributed by atoms with E-state index < -0.39 is 0 Å². The Bertz CT molecular complexity index is 471. The summed E-state index contributed by atoms with van der Waals surface area (Å²) in [6, 6.07) is 5.82. The van der Waals surface area contributed by atoms with Crippen LogP contribution in [0.1, 0.15) is 25.6 Å². The summed E-state index contributed by atoms with van der Waals surface area (Å²) in [5, 5.41) is 0.768. The molecule has 2 rings (SSSR count). The predicted molar refractivity (Wildman–Crippen MR) is 59.8 cm³/mol. The Morgan fingerprint density at radius 1 is 1.36 bits per heavy atom. The molecule has 0 bridgehead atoms. The highest BCUT2D eigenvalue weighted by atomic mass is 35.5. The smallest absolute Gasteiger partial charge is 0.112 e. The van der Waals surface area contributed by atoms with Crippen molar-refractivity contribution in [2.75, 3.05) is 0 Å². The molecular weight excluding hydrogens is 196 g/mol. The van der Waals surface area contributed by atoms with Crippen molar-refractivity contribution < 1.29 is 0 Å². The van der Waals surface area contributed by atoms with Crippen LogP contribution < -0.4 is 0 Å². The minimum atomic E-state index is 0.420. The van der Waals surface area contributed by atoms with E-state index in [4.69, 9.17) is 11.6 Å². The molecule has 0 amide bonds. The first-order valence-electron chi connectivity index (χ1n) is 4.72. The molecule has 1 aromatic heterocycles. The third kappa shape index (κ3) is 1.30. The maximum Gasteiger partial charge on any atom is 0.112 e. The molecule has 0 radical (unpaired) electrons. The van der Waals surface area contributed by atoms with Crippen molar-refractivity contribution in [1.29, 1.82) is 0 Å². The lowest BCUT2D eigenvalue weighted by atomic mass is 10.2. The second-order valence-electron chi connectivity index (χ2n) is 3.79. The fourth-order valence-corrected chi connectivity index (χ4v) is 2.05. The molecular formula is C11H13ClN2. The van der Waals surface area contributed by atoms with Crippen LogP contribution in [0.3, 0.4) is 0 Å². The van der Waals surface area contributed by atoms with E-state index in [-0.39, 0.29) is 0 Å². The quantitative estimate of drug-likeness (QED) is 0.703. The number of hydrogen-bond acceptors (Lipinski definition) is 1. The molecule has 0 aliphatic heterocycles. The Morgan fingerprint density at radius 2 is 2.07 bits per heavy atom. The van der Waals surface area contributed by atoms with E-state index in [0.717, 1.165) is 21.9 Å². The van der Waals surface area contributed by atoms with Gasteiger partial charge in [0.1, 0.15) is 5.82 Å². The molecule has 0 fully saturated rings. The maximum absolute atomic E-state index is 6.12. The average molecular weight is 209 g/mol. The van der Waals surface area contributed by atoms with E-state index in [9.17, 15) is 0 Å². The molecule has 0 aliphatic carbocycles. The Labute approximate surface area is 88.5 Å². The number of nitrogens with zero attached hydrogens (tertiary/aromatic N) is 2. The second-order valence-corrected chi connectivity index (χ2v) is 4.20. The van der Waals surface area contributed by atoms with Gasteiger partial charge in [-0.2, -0.15) is 0 Å². The summed E-state index contributed by atoms with van der Waals surface area (Å²) < 4.78 is 2.07. The lowest BCUT2D eigenvalue weighted by Crippen LogP contribution is -1.99. The molecule has 0 spiro atoms. The van der Waals surface area contributed by atoms with Crippen molar-refractivity contribution in [3.05, 3.63) is 29.0 Å². The normalized spacial score (nSPS) is 11.5. The molecule has 0 atom stereocenters. The number of aromatic nitrogens is 2. The molecule has 0 saturated heterocycles. The van der Waals surface area contributed by atoms with Crippen molar-refractivity contribution in [3.63, 3.8) is 0 Å². The molecule has 0 aliphatic rings. The molecule has 74 valence electrons. The average Bonchev–Trinajstić information content (AvgIpc) is 2.45. The van der Waals surface area contributed by atoms with Crippen LogP contribution in [0.25, 0.3) is 11.0 Å². The monoisotopic (exact) mass is 208 g/mol. The van der Waals surface area contributed by atoms with Crippen molar-refractivity contribution in [2.45, 2.75) is 19.8 Å². The van der Waals surface area contributed by atoms with Gasteiger partial charge in [0.25, 0.3) is 0 Å². The van der Waals surface area contributed by atoms with E-state index >= 15 is 0 Å². The van der Waals surface area contributed by atoms with Crippen LogP contribution in [0.5, 0.6) is 0 Å². The van der Waals surface area contributed by atoms with Gasteiger partial charge in [0.05, 0.1) is 16.1 Å². The highest BCUT2D eigenvalue weighted by molar-refractivity contribution is 6.35. The zero-order chi connectivity index (χ0) is 10.3. The van der Waals surface area contributed by atoms with Gasteiger partial charge in [0, 0.05) is 13.0 Å². The van der Waals surface area contributed by atoms with Gasteiger partial charge in [-0.1, -0.05) is 31.5 Å². The first-order valence-corrected chi connectivity index (χ1v) is 5.10. The second kappa shape index (κ2) is 3.28. The topological polar surface area (TPSA) is 17.8 Å².